The van der Waals surface area contributed by atoms with E-state index in [1.807, 2.05) is 48.5 Å². The van der Waals surface area contributed by atoms with Crippen molar-refractivity contribution in [1.82, 2.24) is 0 Å². The fraction of sp³-hybridized carbons (Fsp3) is 0. The second-order valence-electron chi connectivity index (χ2n) is 9.09. The Labute approximate surface area is 225 Å². The molecule has 0 aliphatic heterocycles. The van der Waals surface area contributed by atoms with Crippen LogP contribution in [0.3, 0.4) is 0 Å². The summed E-state index contributed by atoms with van der Waals surface area (Å²) in [5.74, 6) is 0. The monoisotopic (exact) mass is 478 g/mol. The van der Waals surface area contributed by atoms with Crippen LogP contribution in [0, 0.1) is 0 Å². The minimum absolute atomic E-state index is 0.189. The molecule has 37 heavy (non-hydrogen) atoms. The highest BCUT2D eigenvalue weighted by molar-refractivity contribution is 6.23. The van der Waals surface area contributed by atoms with Crippen LogP contribution in [-0.2, 0) is 0 Å². The van der Waals surface area contributed by atoms with Crippen LogP contribution < -0.4 is 0 Å². The van der Waals surface area contributed by atoms with E-state index in [1.165, 1.54) is 0 Å². The number of hydrogen-bond acceptors (Lipinski definition) is 1. The summed E-state index contributed by atoms with van der Waals surface area (Å²) < 4.78 is 77.1. The van der Waals surface area contributed by atoms with E-state index >= 15 is 0 Å². The average Bonchev–Trinajstić information content (AvgIpc) is 3.45. The second kappa shape index (κ2) is 7.81. The van der Waals surface area contributed by atoms with E-state index in [0.717, 1.165) is 21.5 Å². The molecule has 0 aliphatic rings. The van der Waals surface area contributed by atoms with Crippen LogP contribution in [0.5, 0.6) is 0 Å². The quantitative estimate of drug-likeness (QED) is 0.225. The van der Waals surface area contributed by atoms with E-state index in [2.05, 4.69) is 0 Å². The van der Waals surface area contributed by atoms with Crippen LogP contribution in [0.4, 0.5) is 0 Å². The highest BCUT2D eigenvalue weighted by atomic mass is 16.3. The lowest BCUT2D eigenvalue weighted by molar-refractivity contribution is 0.669. The largest absolute Gasteiger partial charge is 0.456 e. The van der Waals surface area contributed by atoms with E-state index < -0.39 is 24.2 Å². The van der Waals surface area contributed by atoms with Gasteiger partial charge in [-0.15, -0.1) is 0 Å². The van der Waals surface area contributed by atoms with Gasteiger partial charge in [0.2, 0.25) is 0 Å². The lowest BCUT2D eigenvalue weighted by atomic mass is 9.86. The van der Waals surface area contributed by atoms with Gasteiger partial charge in [-0.2, -0.15) is 0 Å². The van der Waals surface area contributed by atoms with Gasteiger partial charge < -0.3 is 4.42 Å². The van der Waals surface area contributed by atoms with Gasteiger partial charge in [-0.25, -0.2) is 0 Å². The van der Waals surface area contributed by atoms with Crippen LogP contribution in [-0.4, -0.2) is 0 Å². The first-order valence-corrected chi connectivity index (χ1v) is 12.0. The van der Waals surface area contributed by atoms with Crippen molar-refractivity contribution < 1.29 is 15.4 Å². The van der Waals surface area contributed by atoms with Gasteiger partial charge in [0, 0.05) is 10.8 Å². The Kier molecular flexibility index (Phi) is 2.96. The SMILES string of the molecule is [2H]c1c([2H])c([2H])c2c(-c3ccc4oc5ccc6ccccc6c5c4c3)c3c([2H])c([2H])c([2H])c([2H])c3c(-c3ccccc3)c2c1[2H]. The smallest absolute Gasteiger partial charge is 0.136 e. The minimum atomic E-state index is -0.422. The number of hydrogen-bond donors (Lipinski definition) is 0. The molecule has 0 spiro atoms. The first kappa shape index (κ1) is 14.0. The maximum atomic E-state index is 9.14. The van der Waals surface area contributed by atoms with Crippen molar-refractivity contribution in [3.63, 3.8) is 0 Å². The molecule has 0 saturated heterocycles. The van der Waals surface area contributed by atoms with Crippen molar-refractivity contribution in [1.29, 1.82) is 0 Å². The van der Waals surface area contributed by atoms with Crippen molar-refractivity contribution in [2.75, 3.05) is 0 Å². The average molecular weight is 479 g/mol. The van der Waals surface area contributed by atoms with Gasteiger partial charge in [0.05, 0.1) is 11.0 Å². The van der Waals surface area contributed by atoms with Gasteiger partial charge in [-0.1, -0.05) is 115 Å². The summed E-state index contributed by atoms with van der Waals surface area (Å²) >= 11 is 0. The summed E-state index contributed by atoms with van der Waals surface area (Å²) in [6, 6.07) is 23.5. The molecule has 0 amide bonds. The summed E-state index contributed by atoms with van der Waals surface area (Å²) in [6.45, 7) is 0. The molecule has 0 N–H and O–H groups in total. The topological polar surface area (TPSA) is 13.1 Å². The van der Waals surface area contributed by atoms with Crippen molar-refractivity contribution >= 4 is 54.3 Å². The molecule has 0 unspecified atom stereocenters. The standard InChI is InChI=1S/C36H22O/c1-2-11-24(12-3-1)34-27-14-6-8-16-29(27)35(30-17-9-7-15-28(30)34)25-19-20-32-31(22-25)36-26-13-5-4-10-23(26)18-21-33(36)37-32/h1-22H/i6D,7D,8D,9D,14D,15D,16D,17D. The molecule has 1 heteroatoms. The molecule has 0 atom stereocenters. The molecule has 8 rings (SSSR count). The Bertz CT molecular complexity index is 2490. The molecule has 8 aromatic rings. The summed E-state index contributed by atoms with van der Waals surface area (Å²) in [7, 11) is 0. The summed E-state index contributed by atoms with van der Waals surface area (Å²) in [5.41, 5.74) is 3.10. The Morgan fingerprint density at radius 2 is 1.05 bits per heavy atom. The van der Waals surface area contributed by atoms with Crippen LogP contribution in [0.25, 0.3) is 76.5 Å². The fourth-order valence-corrected chi connectivity index (χ4v) is 5.51. The number of benzene rings is 7. The molecule has 7 aromatic carbocycles. The minimum Gasteiger partial charge on any atom is -0.456 e. The van der Waals surface area contributed by atoms with E-state index in [9.17, 15) is 0 Å². The van der Waals surface area contributed by atoms with Gasteiger partial charge in [0.15, 0.2) is 0 Å². The summed E-state index contributed by atoms with van der Waals surface area (Å²) in [4.78, 5) is 0. The number of fused-ring (bicyclic) bond motifs is 7. The first-order chi connectivity index (χ1) is 21.7. The van der Waals surface area contributed by atoms with Gasteiger partial charge >= 0.3 is 0 Å². The molecule has 0 bridgehead atoms. The predicted molar refractivity (Wildman–Crippen MR) is 157 cm³/mol. The summed E-state index contributed by atoms with van der Waals surface area (Å²) in [5, 5.41) is 4.47. The Morgan fingerprint density at radius 3 is 1.76 bits per heavy atom. The molecule has 1 heterocycles. The molecule has 0 saturated carbocycles. The molecule has 1 aromatic heterocycles. The van der Waals surface area contributed by atoms with E-state index in [-0.39, 0.29) is 45.7 Å². The molecule has 0 fully saturated rings. The third-order valence-corrected chi connectivity index (χ3v) is 7.09. The van der Waals surface area contributed by atoms with Crippen LogP contribution in [0.15, 0.2) is 138 Å². The first-order valence-electron chi connectivity index (χ1n) is 16.0. The lowest BCUT2D eigenvalue weighted by Gasteiger charge is -2.17. The molecular formula is C36H22O. The van der Waals surface area contributed by atoms with E-state index in [1.54, 1.807) is 36.4 Å². The Balaban J connectivity index is 1.66. The zero-order valence-electron chi connectivity index (χ0n) is 27.5. The Morgan fingerprint density at radius 1 is 0.459 bits per heavy atom. The van der Waals surface area contributed by atoms with Crippen molar-refractivity contribution in [2.45, 2.75) is 0 Å². The zero-order valence-corrected chi connectivity index (χ0v) is 19.5. The molecular weight excluding hydrogens is 448 g/mol. The highest BCUT2D eigenvalue weighted by Gasteiger charge is 2.18. The maximum Gasteiger partial charge on any atom is 0.136 e. The lowest BCUT2D eigenvalue weighted by Crippen LogP contribution is -1.90. The zero-order chi connectivity index (χ0) is 31.3. The van der Waals surface area contributed by atoms with Gasteiger partial charge in [-0.05, 0) is 72.8 Å². The van der Waals surface area contributed by atoms with Gasteiger partial charge in [-0.3, -0.25) is 0 Å². The molecule has 0 radical (unpaired) electrons. The molecule has 0 aliphatic carbocycles. The highest BCUT2D eigenvalue weighted by Crippen LogP contribution is 2.45. The molecule has 172 valence electrons. The molecule has 1 nitrogen and oxygen atoms in total. The maximum absolute atomic E-state index is 9.14. The van der Waals surface area contributed by atoms with E-state index in [4.69, 9.17) is 15.4 Å². The number of rotatable bonds is 2. The van der Waals surface area contributed by atoms with E-state index in [0.29, 0.717) is 33.4 Å². The normalized spacial score (nSPS) is 14.8. The third kappa shape index (κ3) is 2.98. The number of furan rings is 1. The van der Waals surface area contributed by atoms with Crippen LogP contribution in [0.1, 0.15) is 11.0 Å². The second-order valence-corrected chi connectivity index (χ2v) is 9.09. The Hall–Kier alpha value is -4.88. The van der Waals surface area contributed by atoms with Crippen LogP contribution >= 0.6 is 0 Å². The van der Waals surface area contributed by atoms with Crippen LogP contribution in [0.2, 0.25) is 0 Å². The summed E-state index contributed by atoms with van der Waals surface area (Å²) in [6.07, 6.45) is 0. The van der Waals surface area contributed by atoms with Crippen molar-refractivity contribution in [3.8, 4) is 22.3 Å². The van der Waals surface area contributed by atoms with Gasteiger partial charge in [0.1, 0.15) is 11.2 Å². The van der Waals surface area contributed by atoms with Crippen molar-refractivity contribution in [3.05, 3.63) is 133 Å². The van der Waals surface area contributed by atoms with Crippen molar-refractivity contribution in [2.24, 2.45) is 0 Å². The van der Waals surface area contributed by atoms with Gasteiger partial charge in [0.25, 0.3) is 0 Å². The third-order valence-electron chi connectivity index (χ3n) is 7.09. The predicted octanol–water partition coefficient (Wildman–Crippen LogP) is 10.4. The fourth-order valence-electron chi connectivity index (χ4n) is 5.51.